The Balaban J connectivity index is 2.56. The molecule has 1 N–H and O–H groups in total. The van der Waals surface area contributed by atoms with Crippen LogP contribution in [0.15, 0.2) is 18.5 Å². The molecule has 0 spiro atoms. The zero-order valence-electron chi connectivity index (χ0n) is 7.79. The van der Waals surface area contributed by atoms with E-state index in [0.29, 0.717) is 17.1 Å². The smallest absolute Gasteiger partial charge is 0.252 e. The van der Waals surface area contributed by atoms with Gasteiger partial charge in [0.1, 0.15) is 0 Å². The highest BCUT2D eigenvalue weighted by atomic mass is 35.5. The summed E-state index contributed by atoms with van der Waals surface area (Å²) in [5, 5.41) is 3.15. The lowest BCUT2D eigenvalue weighted by Crippen LogP contribution is -2.25. The van der Waals surface area contributed by atoms with E-state index in [0.717, 1.165) is 5.75 Å². The maximum Gasteiger partial charge on any atom is 0.252 e. The van der Waals surface area contributed by atoms with Gasteiger partial charge >= 0.3 is 0 Å². The van der Waals surface area contributed by atoms with E-state index < -0.39 is 0 Å². The number of pyridine rings is 1. The van der Waals surface area contributed by atoms with Crippen molar-refractivity contribution in [3.05, 3.63) is 29.0 Å². The molecular formula is C9H11ClN2OS. The molecule has 0 aliphatic heterocycles. The van der Waals surface area contributed by atoms with Crippen molar-refractivity contribution in [2.45, 2.75) is 0 Å². The fourth-order valence-corrected chi connectivity index (χ4v) is 1.43. The third kappa shape index (κ3) is 3.20. The number of nitrogens with one attached hydrogen (secondary N) is 1. The van der Waals surface area contributed by atoms with Crippen LogP contribution in [0.2, 0.25) is 5.02 Å². The minimum absolute atomic E-state index is 0.147. The summed E-state index contributed by atoms with van der Waals surface area (Å²) in [5.74, 6) is 0.750. The highest BCUT2D eigenvalue weighted by Gasteiger charge is 2.08. The van der Waals surface area contributed by atoms with Crippen LogP contribution in [0.3, 0.4) is 0 Å². The normalized spacial score (nSPS) is 9.86. The van der Waals surface area contributed by atoms with E-state index in [9.17, 15) is 4.79 Å². The monoisotopic (exact) mass is 230 g/mol. The molecule has 0 saturated heterocycles. The van der Waals surface area contributed by atoms with Gasteiger partial charge in [-0.25, -0.2) is 0 Å². The molecule has 0 radical (unpaired) electrons. The number of carbonyl (C=O) groups is 1. The van der Waals surface area contributed by atoms with Crippen molar-refractivity contribution in [1.82, 2.24) is 10.3 Å². The van der Waals surface area contributed by atoms with Gasteiger partial charge in [-0.3, -0.25) is 9.78 Å². The Morgan fingerprint density at radius 1 is 1.71 bits per heavy atom. The minimum atomic E-state index is -0.147. The number of nitrogens with zero attached hydrogens (tertiary/aromatic N) is 1. The van der Waals surface area contributed by atoms with E-state index in [1.165, 1.54) is 6.20 Å². The lowest BCUT2D eigenvalue weighted by Gasteiger charge is -2.04. The van der Waals surface area contributed by atoms with Crippen LogP contribution < -0.4 is 5.32 Å². The van der Waals surface area contributed by atoms with Crippen LogP contribution in [0, 0.1) is 0 Å². The molecule has 1 rings (SSSR count). The van der Waals surface area contributed by atoms with Crippen LogP contribution in [0.4, 0.5) is 0 Å². The molecule has 3 nitrogen and oxygen atoms in total. The SMILES string of the molecule is CSCCNC(=O)c1ccncc1Cl. The van der Waals surface area contributed by atoms with Crippen molar-refractivity contribution in [1.29, 1.82) is 0 Å². The second-order valence-electron chi connectivity index (χ2n) is 2.60. The molecule has 0 aliphatic rings. The number of amides is 1. The number of hydrogen-bond acceptors (Lipinski definition) is 3. The first-order chi connectivity index (χ1) is 6.75. The zero-order chi connectivity index (χ0) is 10.4. The molecular weight excluding hydrogens is 220 g/mol. The lowest BCUT2D eigenvalue weighted by atomic mass is 10.2. The third-order valence-electron chi connectivity index (χ3n) is 1.61. The Hall–Kier alpha value is -0.740. The summed E-state index contributed by atoms with van der Waals surface area (Å²) in [6.45, 7) is 0.651. The number of hydrogen-bond donors (Lipinski definition) is 1. The molecule has 0 aliphatic carbocycles. The number of aromatic nitrogens is 1. The van der Waals surface area contributed by atoms with Gasteiger partial charge in [0.05, 0.1) is 10.6 Å². The summed E-state index contributed by atoms with van der Waals surface area (Å²) in [4.78, 5) is 15.3. The van der Waals surface area contributed by atoms with Gasteiger partial charge in [0, 0.05) is 24.7 Å². The van der Waals surface area contributed by atoms with E-state index in [1.54, 1.807) is 24.0 Å². The Kier molecular flexibility index (Phi) is 4.76. The maximum absolute atomic E-state index is 11.5. The average molecular weight is 231 g/mol. The van der Waals surface area contributed by atoms with Crippen LogP contribution in [0.5, 0.6) is 0 Å². The Labute approximate surface area is 92.2 Å². The van der Waals surface area contributed by atoms with Gasteiger partial charge in [-0.05, 0) is 12.3 Å². The second-order valence-corrected chi connectivity index (χ2v) is 4.00. The molecule has 76 valence electrons. The molecule has 0 fully saturated rings. The number of thioether (sulfide) groups is 1. The molecule has 1 aromatic rings. The molecule has 14 heavy (non-hydrogen) atoms. The van der Waals surface area contributed by atoms with Gasteiger partial charge in [0.2, 0.25) is 0 Å². The van der Waals surface area contributed by atoms with E-state index >= 15 is 0 Å². The van der Waals surface area contributed by atoms with Crippen molar-refractivity contribution in [2.75, 3.05) is 18.6 Å². The van der Waals surface area contributed by atoms with Crippen molar-refractivity contribution in [2.24, 2.45) is 0 Å². The molecule has 0 saturated carbocycles. The lowest BCUT2D eigenvalue weighted by molar-refractivity contribution is 0.0956. The molecule has 0 atom stereocenters. The van der Waals surface area contributed by atoms with Crippen molar-refractivity contribution in [3.8, 4) is 0 Å². The maximum atomic E-state index is 11.5. The summed E-state index contributed by atoms with van der Waals surface area (Å²) in [6, 6.07) is 1.61. The highest BCUT2D eigenvalue weighted by Crippen LogP contribution is 2.12. The van der Waals surface area contributed by atoms with Crippen molar-refractivity contribution < 1.29 is 4.79 Å². The number of halogens is 1. The van der Waals surface area contributed by atoms with E-state index in [2.05, 4.69) is 10.3 Å². The Bertz CT molecular complexity index is 319. The highest BCUT2D eigenvalue weighted by molar-refractivity contribution is 7.98. The summed E-state index contributed by atoms with van der Waals surface area (Å²) in [7, 11) is 0. The van der Waals surface area contributed by atoms with Gasteiger partial charge in [-0.15, -0.1) is 0 Å². The summed E-state index contributed by atoms with van der Waals surface area (Å²) in [6.07, 6.45) is 5.01. The minimum Gasteiger partial charge on any atom is -0.351 e. The first-order valence-corrected chi connectivity index (χ1v) is 5.89. The molecule has 5 heteroatoms. The Morgan fingerprint density at radius 2 is 2.50 bits per heavy atom. The molecule has 1 heterocycles. The quantitative estimate of drug-likeness (QED) is 0.803. The fraction of sp³-hybridized carbons (Fsp3) is 0.333. The van der Waals surface area contributed by atoms with Gasteiger partial charge in [0.25, 0.3) is 5.91 Å². The standard InChI is InChI=1S/C9H11ClN2OS/c1-14-5-4-12-9(13)7-2-3-11-6-8(7)10/h2-3,6H,4-5H2,1H3,(H,12,13). The molecule has 1 aromatic heterocycles. The van der Waals surface area contributed by atoms with Crippen molar-refractivity contribution >= 4 is 29.3 Å². The van der Waals surface area contributed by atoms with Crippen LogP contribution in [0.25, 0.3) is 0 Å². The van der Waals surface area contributed by atoms with Gasteiger partial charge in [0.15, 0.2) is 0 Å². The average Bonchev–Trinajstić information content (AvgIpc) is 2.18. The summed E-state index contributed by atoms with van der Waals surface area (Å²) in [5.41, 5.74) is 0.475. The van der Waals surface area contributed by atoms with Crippen molar-refractivity contribution in [3.63, 3.8) is 0 Å². The topological polar surface area (TPSA) is 42.0 Å². The second kappa shape index (κ2) is 5.88. The predicted molar refractivity (Wildman–Crippen MR) is 60.0 cm³/mol. The van der Waals surface area contributed by atoms with E-state index in [-0.39, 0.29) is 5.91 Å². The Morgan fingerprint density at radius 3 is 3.14 bits per heavy atom. The summed E-state index contributed by atoms with van der Waals surface area (Å²) < 4.78 is 0. The van der Waals surface area contributed by atoms with Gasteiger partial charge in [-0.1, -0.05) is 11.6 Å². The van der Waals surface area contributed by atoms with Gasteiger partial charge in [-0.2, -0.15) is 11.8 Å². The number of carbonyl (C=O) groups excluding carboxylic acids is 1. The largest absolute Gasteiger partial charge is 0.351 e. The molecule has 0 aromatic carbocycles. The van der Waals surface area contributed by atoms with Gasteiger partial charge < -0.3 is 5.32 Å². The van der Waals surface area contributed by atoms with Crippen LogP contribution in [0.1, 0.15) is 10.4 Å². The molecule has 0 unspecified atom stereocenters. The van der Waals surface area contributed by atoms with E-state index in [4.69, 9.17) is 11.6 Å². The molecule has 1 amide bonds. The first kappa shape index (κ1) is 11.3. The third-order valence-corrected chi connectivity index (χ3v) is 2.52. The van der Waals surface area contributed by atoms with Crippen LogP contribution in [-0.4, -0.2) is 29.4 Å². The summed E-state index contributed by atoms with van der Waals surface area (Å²) >= 11 is 7.49. The van der Waals surface area contributed by atoms with E-state index in [1.807, 2.05) is 6.26 Å². The predicted octanol–water partition coefficient (Wildman–Crippen LogP) is 1.83. The van der Waals surface area contributed by atoms with Crippen LogP contribution in [-0.2, 0) is 0 Å². The first-order valence-electron chi connectivity index (χ1n) is 4.12. The fourth-order valence-electron chi connectivity index (χ4n) is 0.921. The number of rotatable bonds is 4. The van der Waals surface area contributed by atoms with Crippen LogP contribution >= 0.6 is 23.4 Å². The molecule has 0 bridgehead atoms. The zero-order valence-corrected chi connectivity index (χ0v) is 9.36.